The van der Waals surface area contributed by atoms with Crippen molar-refractivity contribution in [3.8, 4) is 0 Å². The molecule has 0 aromatic carbocycles. The third-order valence-electron chi connectivity index (χ3n) is 2.87. The van der Waals surface area contributed by atoms with Crippen molar-refractivity contribution in [3.05, 3.63) is 0 Å². The number of carbonyl (C=O) groups excluding carboxylic acids is 1. The Labute approximate surface area is 117 Å². The summed E-state index contributed by atoms with van der Waals surface area (Å²) < 4.78 is 5.20. The molecule has 114 valence electrons. The van der Waals surface area contributed by atoms with E-state index in [1.165, 1.54) is 0 Å². The first-order chi connectivity index (χ1) is 8.65. The normalized spacial score (nSPS) is 15.2. The zero-order valence-electron chi connectivity index (χ0n) is 13.2. The molecule has 4 N–H and O–H groups in total. The van der Waals surface area contributed by atoms with E-state index in [-0.39, 0.29) is 12.1 Å². The van der Waals surface area contributed by atoms with Crippen molar-refractivity contribution in [2.75, 3.05) is 19.6 Å². The van der Waals surface area contributed by atoms with Crippen LogP contribution in [0.5, 0.6) is 0 Å². The van der Waals surface area contributed by atoms with Crippen LogP contribution in [-0.2, 0) is 4.74 Å². The van der Waals surface area contributed by atoms with Crippen LogP contribution in [0.2, 0.25) is 0 Å². The molecule has 1 amide bonds. The molecule has 2 unspecified atom stereocenters. The molecule has 5 heteroatoms. The minimum atomic E-state index is -0.459. The first kappa shape index (κ1) is 18.2. The average Bonchev–Trinajstić information content (AvgIpc) is 2.20. The lowest BCUT2D eigenvalue weighted by molar-refractivity contribution is 0.0508. The smallest absolute Gasteiger partial charge is 0.407 e. The molecule has 0 saturated heterocycles. The Morgan fingerprint density at radius 3 is 2.21 bits per heavy atom. The van der Waals surface area contributed by atoms with E-state index in [0.717, 1.165) is 6.54 Å². The van der Waals surface area contributed by atoms with E-state index >= 15 is 0 Å². The van der Waals surface area contributed by atoms with Crippen molar-refractivity contribution in [2.24, 2.45) is 17.6 Å². The van der Waals surface area contributed by atoms with Gasteiger partial charge in [0.1, 0.15) is 5.60 Å². The second kappa shape index (κ2) is 8.38. The van der Waals surface area contributed by atoms with Crippen LogP contribution in [0.15, 0.2) is 0 Å². The largest absolute Gasteiger partial charge is 0.444 e. The molecular formula is C14H31N3O2. The van der Waals surface area contributed by atoms with Crippen LogP contribution in [0.1, 0.15) is 41.5 Å². The van der Waals surface area contributed by atoms with Crippen LogP contribution < -0.4 is 16.4 Å². The lowest BCUT2D eigenvalue weighted by Gasteiger charge is -2.23. The van der Waals surface area contributed by atoms with Gasteiger partial charge in [0, 0.05) is 12.6 Å². The topological polar surface area (TPSA) is 76.4 Å². The van der Waals surface area contributed by atoms with Gasteiger partial charge in [-0.3, -0.25) is 0 Å². The highest BCUT2D eigenvalue weighted by Gasteiger charge is 2.17. The maximum atomic E-state index is 11.5. The highest BCUT2D eigenvalue weighted by atomic mass is 16.6. The summed E-state index contributed by atoms with van der Waals surface area (Å²) in [7, 11) is 0. The van der Waals surface area contributed by atoms with E-state index in [1.54, 1.807) is 0 Å². The molecule has 0 rings (SSSR count). The van der Waals surface area contributed by atoms with Crippen molar-refractivity contribution in [1.82, 2.24) is 10.6 Å². The molecule has 0 saturated carbocycles. The van der Waals surface area contributed by atoms with Gasteiger partial charge in [0.15, 0.2) is 0 Å². The molecule has 0 aliphatic rings. The summed E-state index contributed by atoms with van der Waals surface area (Å²) in [5.41, 5.74) is 5.25. The first-order valence-corrected chi connectivity index (χ1v) is 7.06. The fourth-order valence-electron chi connectivity index (χ4n) is 1.64. The molecule has 19 heavy (non-hydrogen) atoms. The summed E-state index contributed by atoms with van der Waals surface area (Å²) in [5, 5.41) is 6.14. The number of carbonyl (C=O) groups is 1. The van der Waals surface area contributed by atoms with Crippen molar-refractivity contribution < 1.29 is 9.53 Å². The lowest BCUT2D eigenvalue weighted by atomic mass is 9.96. The van der Waals surface area contributed by atoms with Crippen LogP contribution in [-0.4, -0.2) is 37.4 Å². The molecule has 0 aliphatic carbocycles. The van der Waals surface area contributed by atoms with E-state index < -0.39 is 5.60 Å². The van der Waals surface area contributed by atoms with Crippen molar-refractivity contribution in [1.29, 1.82) is 0 Å². The Kier molecular flexibility index (Phi) is 8.02. The molecule has 5 nitrogen and oxygen atoms in total. The lowest BCUT2D eigenvalue weighted by Crippen LogP contribution is -2.44. The van der Waals surface area contributed by atoms with Gasteiger partial charge in [0.2, 0.25) is 0 Å². The number of amides is 1. The molecule has 0 aliphatic heterocycles. The van der Waals surface area contributed by atoms with Crippen LogP contribution in [0.25, 0.3) is 0 Å². The van der Waals surface area contributed by atoms with Gasteiger partial charge in [0.05, 0.1) is 0 Å². The highest BCUT2D eigenvalue weighted by molar-refractivity contribution is 5.68. The standard InChI is InChI=1S/C14H31N3O2/c1-10(2)12(7-15)9-16-8-11(3)17-13(18)19-14(4,5)6/h10-12,16H,7-9,15H2,1-6H3,(H,17,18). The fourth-order valence-corrected chi connectivity index (χ4v) is 1.64. The minimum absolute atomic E-state index is 0.0282. The Bertz CT molecular complexity index is 262. The molecule has 0 fully saturated rings. The summed E-state index contributed by atoms with van der Waals surface area (Å²) >= 11 is 0. The summed E-state index contributed by atoms with van der Waals surface area (Å²) in [5.74, 6) is 1.03. The van der Waals surface area contributed by atoms with Gasteiger partial charge in [-0.2, -0.15) is 0 Å². The van der Waals surface area contributed by atoms with Crippen molar-refractivity contribution in [3.63, 3.8) is 0 Å². The molecule has 0 heterocycles. The highest BCUT2D eigenvalue weighted by Crippen LogP contribution is 2.08. The quantitative estimate of drug-likeness (QED) is 0.660. The van der Waals surface area contributed by atoms with Gasteiger partial charge >= 0.3 is 6.09 Å². The van der Waals surface area contributed by atoms with E-state index in [0.29, 0.717) is 24.9 Å². The predicted octanol–water partition coefficient (Wildman–Crippen LogP) is 1.72. The Morgan fingerprint density at radius 2 is 1.79 bits per heavy atom. The van der Waals surface area contributed by atoms with Crippen LogP contribution in [0.4, 0.5) is 4.79 Å². The minimum Gasteiger partial charge on any atom is -0.444 e. The average molecular weight is 273 g/mol. The number of ether oxygens (including phenoxy) is 1. The summed E-state index contributed by atoms with van der Waals surface area (Å²) in [6, 6.07) is 0.0282. The number of hydrogen-bond donors (Lipinski definition) is 3. The monoisotopic (exact) mass is 273 g/mol. The molecule has 0 aromatic heterocycles. The van der Waals surface area contributed by atoms with Gasteiger partial charge in [-0.15, -0.1) is 0 Å². The Hall–Kier alpha value is -0.810. The second-order valence-electron chi connectivity index (χ2n) is 6.45. The maximum Gasteiger partial charge on any atom is 0.407 e. The van der Waals surface area contributed by atoms with Crippen LogP contribution >= 0.6 is 0 Å². The molecule has 0 spiro atoms. The Balaban J connectivity index is 3.87. The third kappa shape index (κ3) is 9.73. The van der Waals surface area contributed by atoms with Crippen LogP contribution in [0, 0.1) is 11.8 Å². The number of nitrogens with two attached hydrogens (primary N) is 1. The SMILES string of the molecule is CC(CNCC(CN)C(C)C)NC(=O)OC(C)(C)C. The predicted molar refractivity (Wildman–Crippen MR) is 79.1 cm³/mol. The molecule has 0 aromatic rings. The Morgan fingerprint density at radius 1 is 1.21 bits per heavy atom. The summed E-state index contributed by atoms with van der Waals surface area (Å²) in [6.45, 7) is 14.1. The zero-order valence-corrected chi connectivity index (χ0v) is 13.2. The van der Waals surface area contributed by atoms with E-state index in [2.05, 4.69) is 24.5 Å². The number of hydrogen-bond acceptors (Lipinski definition) is 4. The van der Waals surface area contributed by atoms with E-state index in [1.807, 2.05) is 27.7 Å². The molecule has 0 radical (unpaired) electrons. The summed E-state index contributed by atoms with van der Waals surface area (Å²) in [4.78, 5) is 11.5. The molecule has 0 bridgehead atoms. The van der Waals surface area contributed by atoms with Gasteiger partial charge < -0.3 is 21.1 Å². The molecule has 2 atom stereocenters. The van der Waals surface area contributed by atoms with Gasteiger partial charge in [-0.05, 0) is 52.6 Å². The fraction of sp³-hybridized carbons (Fsp3) is 0.929. The van der Waals surface area contributed by atoms with Gasteiger partial charge in [-0.1, -0.05) is 13.8 Å². The number of nitrogens with one attached hydrogen (secondary N) is 2. The molecular weight excluding hydrogens is 242 g/mol. The van der Waals surface area contributed by atoms with Crippen molar-refractivity contribution in [2.45, 2.75) is 53.2 Å². The van der Waals surface area contributed by atoms with Crippen molar-refractivity contribution >= 4 is 6.09 Å². The number of rotatable bonds is 7. The number of alkyl carbamates (subject to hydrolysis) is 1. The van der Waals surface area contributed by atoms with E-state index in [9.17, 15) is 4.79 Å². The van der Waals surface area contributed by atoms with Gasteiger partial charge in [0.25, 0.3) is 0 Å². The van der Waals surface area contributed by atoms with Crippen LogP contribution in [0.3, 0.4) is 0 Å². The van der Waals surface area contributed by atoms with Gasteiger partial charge in [-0.25, -0.2) is 4.79 Å². The third-order valence-corrected chi connectivity index (χ3v) is 2.87. The van der Waals surface area contributed by atoms with E-state index in [4.69, 9.17) is 10.5 Å². The zero-order chi connectivity index (χ0) is 15.1. The summed E-state index contributed by atoms with van der Waals surface area (Å²) in [6.07, 6.45) is -0.374. The maximum absolute atomic E-state index is 11.5. The second-order valence-corrected chi connectivity index (χ2v) is 6.45. The first-order valence-electron chi connectivity index (χ1n) is 7.06.